The highest BCUT2D eigenvalue weighted by molar-refractivity contribution is 5.92. The molecule has 23 heavy (non-hydrogen) atoms. The smallest absolute Gasteiger partial charge is 0.238 e. The Bertz CT molecular complexity index is 696. The molecule has 2 aromatic rings. The number of likely N-dealkylation sites (N-methyl/N-ethyl adjacent to an activating group) is 1. The van der Waals surface area contributed by atoms with Crippen LogP contribution in [0.15, 0.2) is 48.5 Å². The molecule has 0 fully saturated rings. The zero-order chi connectivity index (χ0) is 16.2. The number of amides is 1. The average Bonchev–Trinajstić information content (AvgIpc) is 2.54. The maximum atomic E-state index is 12.3. The molecule has 1 aliphatic rings. The molecule has 0 aromatic heterocycles. The molecule has 3 heteroatoms. The zero-order valence-electron chi connectivity index (χ0n) is 13.9. The van der Waals surface area contributed by atoms with Crippen molar-refractivity contribution in [3.63, 3.8) is 0 Å². The Morgan fingerprint density at radius 2 is 2.04 bits per heavy atom. The van der Waals surface area contributed by atoms with E-state index in [0.29, 0.717) is 12.6 Å². The van der Waals surface area contributed by atoms with Crippen LogP contribution in [0.4, 0.5) is 5.69 Å². The molecule has 0 unspecified atom stereocenters. The third-order valence-corrected chi connectivity index (χ3v) is 4.56. The van der Waals surface area contributed by atoms with E-state index in [2.05, 4.69) is 34.5 Å². The van der Waals surface area contributed by atoms with Crippen LogP contribution in [0.3, 0.4) is 0 Å². The van der Waals surface area contributed by atoms with Gasteiger partial charge in [0.15, 0.2) is 0 Å². The van der Waals surface area contributed by atoms with Crippen molar-refractivity contribution in [3.05, 3.63) is 65.2 Å². The van der Waals surface area contributed by atoms with Crippen LogP contribution in [0.5, 0.6) is 0 Å². The summed E-state index contributed by atoms with van der Waals surface area (Å²) in [6, 6.07) is 16.9. The van der Waals surface area contributed by atoms with Crippen molar-refractivity contribution < 1.29 is 4.79 Å². The van der Waals surface area contributed by atoms with E-state index in [1.165, 1.54) is 17.5 Å². The number of fused-ring (bicyclic) bond motifs is 1. The van der Waals surface area contributed by atoms with Gasteiger partial charge < -0.3 is 5.32 Å². The molecule has 2 aromatic carbocycles. The van der Waals surface area contributed by atoms with Gasteiger partial charge in [0.1, 0.15) is 0 Å². The van der Waals surface area contributed by atoms with Gasteiger partial charge in [0.05, 0.1) is 6.54 Å². The first kappa shape index (κ1) is 15.8. The summed E-state index contributed by atoms with van der Waals surface area (Å²) >= 11 is 0. The quantitative estimate of drug-likeness (QED) is 0.928. The fourth-order valence-corrected chi connectivity index (χ4v) is 3.45. The second-order valence-electron chi connectivity index (χ2n) is 6.44. The van der Waals surface area contributed by atoms with Crippen LogP contribution in [0.2, 0.25) is 0 Å². The number of nitrogens with zero attached hydrogens (tertiary/aromatic N) is 1. The minimum atomic E-state index is 0.0427. The molecular formula is C20H24N2O. The number of hydrogen-bond acceptors (Lipinski definition) is 2. The molecule has 0 saturated heterocycles. The maximum absolute atomic E-state index is 12.3. The first-order valence-electron chi connectivity index (χ1n) is 8.28. The second kappa shape index (κ2) is 6.97. The summed E-state index contributed by atoms with van der Waals surface area (Å²) in [6.45, 7) is 2.44. The minimum Gasteiger partial charge on any atom is -0.325 e. The van der Waals surface area contributed by atoms with Gasteiger partial charge >= 0.3 is 0 Å². The summed E-state index contributed by atoms with van der Waals surface area (Å²) in [5, 5.41) is 3.00. The predicted octanol–water partition coefficient (Wildman–Crippen LogP) is 3.94. The van der Waals surface area contributed by atoms with Gasteiger partial charge in [-0.1, -0.05) is 36.4 Å². The lowest BCUT2D eigenvalue weighted by molar-refractivity contribution is -0.117. The van der Waals surface area contributed by atoms with Gasteiger partial charge in [-0.25, -0.2) is 0 Å². The lowest BCUT2D eigenvalue weighted by Gasteiger charge is -2.32. The lowest BCUT2D eigenvalue weighted by Crippen LogP contribution is -2.34. The molecular weight excluding hydrogens is 284 g/mol. The highest BCUT2D eigenvalue weighted by Gasteiger charge is 2.24. The van der Waals surface area contributed by atoms with Gasteiger partial charge in [0, 0.05) is 11.7 Å². The zero-order valence-corrected chi connectivity index (χ0v) is 13.9. The van der Waals surface area contributed by atoms with Crippen molar-refractivity contribution in [2.45, 2.75) is 32.2 Å². The van der Waals surface area contributed by atoms with Gasteiger partial charge in [-0.15, -0.1) is 0 Å². The Kier molecular flexibility index (Phi) is 4.77. The summed E-state index contributed by atoms with van der Waals surface area (Å²) in [7, 11) is 2.04. The lowest BCUT2D eigenvalue weighted by atomic mass is 9.87. The molecule has 0 spiro atoms. The van der Waals surface area contributed by atoms with Crippen molar-refractivity contribution >= 4 is 11.6 Å². The van der Waals surface area contributed by atoms with Gasteiger partial charge in [-0.05, 0) is 62.1 Å². The number of aryl methyl sites for hydroxylation is 2. The maximum Gasteiger partial charge on any atom is 0.238 e. The third kappa shape index (κ3) is 3.80. The fraction of sp³-hybridized carbons (Fsp3) is 0.350. The average molecular weight is 308 g/mol. The van der Waals surface area contributed by atoms with Gasteiger partial charge in [-0.2, -0.15) is 0 Å². The molecule has 120 valence electrons. The number of carbonyl (C=O) groups is 1. The molecule has 0 aliphatic heterocycles. The molecule has 1 N–H and O–H groups in total. The van der Waals surface area contributed by atoms with Crippen LogP contribution in [-0.4, -0.2) is 24.4 Å². The highest BCUT2D eigenvalue weighted by atomic mass is 16.2. The molecule has 1 atom stereocenters. The molecule has 1 amide bonds. The minimum absolute atomic E-state index is 0.0427. The van der Waals surface area contributed by atoms with E-state index in [0.717, 1.165) is 24.1 Å². The summed E-state index contributed by atoms with van der Waals surface area (Å²) in [5.41, 5.74) is 4.82. The molecule has 3 rings (SSSR count). The number of carbonyl (C=O) groups excluding carboxylic acids is 1. The highest BCUT2D eigenvalue weighted by Crippen LogP contribution is 2.33. The summed E-state index contributed by atoms with van der Waals surface area (Å²) in [5.74, 6) is 0.0427. The van der Waals surface area contributed by atoms with Crippen LogP contribution in [0.25, 0.3) is 0 Å². The van der Waals surface area contributed by atoms with E-state index in [4.69, 9.17) is 0 Å². The summed E-state index contributed by atoms with van der Waals surface area (Å²) < 4.78 is 0. The van der Waals surface area contributed by atoms with Crippen LogP contribution < -0.4 is 5.32 Å². The van der Waals surface area contributed by atoms with E-state index in [9.17, 15) is 4.79 Å². The van der Waals surface area contributed by atoms with E-state index in [1.807, 2.05) is 38.2 Å². The van der Waals surface area contributed by atoms with Crippen LogP contribution in [0, 0.1) is 6.92 Å². The van der Waals surface area contributed by atoms with E-state index >= 15 is 0 Å². The monoisotopic (exact) mass is 308 g/mol. The molecule has 3 nitrogen and oxygen atoms in total. The Morgan fingerprint density at radius 1 is 1.22 bits per heavy atom. The third-order valence-electron chi connectivity index (χ3n) is 4.56. The SMILES string of the molecule is Cc1cccc(NC(=O)CN(C)[C@H]2CCCc3ccccc32)c1. The molecule has 1 aliphatic carbocycles. The normalized spacial score (nSPS) is 16.9. The molecule has 0 heterocycles. The van der Waals surface area contributed by atoms with Crippen LogP contribution in [-0.2, 0) is 11.2 Å². The molecule has 0 saturated carbocycles. The molecule has 0 bridgehead atoms. The van der Waals surface area contributed by atoms with E-state index in [-0.39, 0.29) is 5.91 Å². The van der Waals surface area contributed by atoms with Gasteiger partial charge in [0.2, 0.25) is 5.91 Å². The van der Waals surface area contributed by atoms with E-state index in [1.54, 1.807) is 0 Å². The van der Waals surface area contributed by atoms with Crippen molar-refractivity contribution in [2.24, 2.45) is 0 Å². The Labute approximate surface area is 138 Å². The summed E-state index contributed by atoms with van der Waals surface area (Å²) in [6.07, 6.45) is 3.45. The fourth-order valence-electron chi connectivity index (χ4n) is 3.45. The van der Waals surface area contributed by atoms with Crippen LogP contribution in [0.1, 0.15) is 35.6 Å². The number of rotatable bonds is 4. The molecule has 0 radical (unpaired) electrons. The van der Waals surface area contributed by atoms with Crippen molar-refractivity contribution in [1.82, 2.24) is 4.90 Å². The number of nitrogens with one attached hydrogen (secondary N) is 1. The standard InChI is InChI=1S/C20H24N2O/c1-15-7-5-10-17(13-15)21-20(23)14-22(2)19-12-6-9-16-8-3-4-11-18(16)19/h3-5,7-8,10-11,13,19H,6,9,12,14H2,1-2H3,(H,21,23)/t19-/m0/s1. The van der Waals surface area contributed by atoms with Crippen molar-refractivity contribution in [2.75, 3.05) is 18.9 Å². The van der Waals surface area contributed by atoms with Gasteiger partial charge in [0.25, 0.3) is 0 Å². The Hall–Kier alpha value is -2.13. The topological polar surface area (TPSA) is 32.3 Å². The first-order valence-corrected chi connectivity index (χ1v) is 8.28. The summed E-state index contributed by atoms with van der Waals surface area (Å²) in [4.78, 5) is 14.5. The number of hydrogen-bond donors (Lipinski definition) is 1. The number of benzene rings is 2. The Morgan fingerprint density at radius 3 is 2.87 bits per heavy atom. The van der Waals surface area contributed by atoms with Gasteiger partial charge in [-0.3, -0.25) is 9.69 Å². The van der Waals surface area contributed by atoms with Crippen molar-refractivity contribution in [1.29, 1.82) is 0 Å². The largest absolute Gasteiger partial charge is 0.325 e. The number of anilines is 1. The Balaban J connectivity index is 1.65. The predicted molar refractivity (Wildman–Crippen MR) is 94.6 cm³/mol. The first-order chi connectivity index (χ1) is 11.1. The van der Waals surface area contributed by atoms with Crippen molar-refractivity contribution in [3.8, 4) is 0 Å². The second-order valence-corrected chi connectivity index (χ2v) is 6.44. The van der Waals surface area contributed by atoms with Crippen LogP contribution >= 0.6 is 0 Å². The van der Waals surface area contributed by atoms with E-state index < -0.39 is 0 Å².